The predicted octanol–water partition coefficient (Wildman–Crippen LogP) is 5.19. The fraction of sp³-hybridized carbons (Fsp3) is 0.261. The van der Waals surface area contributed by atoms with Gasteiger partial charge < -0.3 is 4.74 Å². The number of benzene rings is 1. The molecular weight excluding hydrogens is 463 g/mol. The van der Waals surface area contributed by atoms with Gasteiger partial charge in [0.2, 0.25) is 5.91 Å². The lowest BCUT2D eigenvalue weighted by Gasteiger charge is -2.18. The third-order valence-electron chi connectivity index (χ3n) is 5.02. The number of amides is 1. The zero-order valence-corrected chi connectivity index (χ0v) is 19.5. The number of halogens is 1. The molecule has 0 saturated heterocycles. The lowest BCUT2D eigenvalue weighted by atomic mass is 10.1. The van der Waals surface area contributed by atoms with E-state index in [2.05, 4.69) is 16.0 Å². The molecule has 3 aromatic rings. The molecule has 0 bridgehead atoms. The van der Waals surface area contributed by atoms with Gasteiger partial charge in [0.1, 0.15) is 23.5 Å². The number of esters is 1. The number of rotatable bonds is 7. The van der Waals surface area contributed by atoms with Gasteiger partial charge in [0.25, 0.3) is 0 Å². The molecule has 0 N–H and O–H groups in total. The van der Waals surface area contributed by atoms with Crippen LogP contribution in [-0.4, -0.2) is 28.1 Å². The van der Waals surface area contributed by atoms with Crippen LogP contribution in [0, 0.1) is 17.1 Å². The Kier molecular flexibility index (Phi) is 6.72. The quantitative estimate of drug-likeness (QED) is 0.338. The van der Waals surface area contributed by atoms with Crippen molar-refractivity contribution in [3.8, 4) is 6.07 Å². The first-order valence-electron chi connectivity index (χ1n) is 10.1. The summed E-state index contributed by atoms with van der Waals surface area (Å²) in [5, 5.41) is 12.0. The number of nitriles is 1. The fourth-order valence-electron chi connectivity index (χ4n) is 3.27. The van der Waals surface area contributed by atoms with Crippen molar-refractivity contribution in [3.05, 3.63) is 64.0 Å². The van der Waals surface area contributed by atoms with Crippen LogP contribution in [0.5, 0.6) is 0 Å². The number of carbonyl (C=O) groups excluding carboxylic acids is 2. The molecule has 2 heterocycles. The molecule has 2 aromatic heterocycles. The predicted molar refractivity (Wildman–Crippen MR) is 123 cm³/mol. The zero-order valence-electron chi connectivity index (χ0n) is 17.9. The Hall–Kier alpha value is -3.29. The van der Waals surface area contributed by atoms with Crippen LogP contribution in [0.2, 0.25) is 0 Å². The van der Waals surface area contributed by atoms with Crippen molar-refractivity contribution in [1.29, 1.82) is 5.26 Å². The molecular formula is C23H19FN4O3S2. The summed E-state index contributed by atoms with van der Waals surface area (Å²) in [5.41, 5.74) is 1.67. The van der Waals surface area contributed by atoms with Crippen LogP contribution in [0.4, 0.5) is 15.2 Å². The SMILES string of the molecule is CSc1nc(C2CC2)cc(C(=O)OCc2csc(N(C(C)=O)c3ccccc3F)n2)c1C#N. The molecule has 0 spiro atoms. The lowest BCUT2D eigenvalue weighted by molar-refractivity contribution is -0.115. The lowest BCUT2D eigenvalue weighted by Crippen LogP contribution is -2.23. The van der Waals surface area contributed by atoms with Crippen molar-refractivity contribution < 1.29 is 18.7 Å². The molecule has 0 aliphatic heterocycles. The van der Waals surface area contributed by atoms with Crippen molar-refractivity contribution in [3.63, 3.8) is 0 Å². The summed E-state index contributed by atoms with van der Waals surface area (Å²) >= 11 is 2.45. The number of hydrogen-bond acceptors (Lipinski definition) is 8. The van der Waals surface area contributed by atoms with Crippen LogP contribution in [0.15, 0.2) is 40.7 Å². The summed E-state index contributed by atoms with van der Waals surface area (Å²) in [5.74, 6) is -1.27. The van der Waals surface area contributed by atoms with Crippen molar-refractivity contribution >= 4 is 45.8 Å². The Morgan fingerprint density at radius 2 is 2.09 bits per heavy atom. The van der Waals surface area contributed by atoms with Crippen LogP contribution in [0.1, 0.15) is 53.0 Å². The average molecular weight is 483 g/mol. The third kappa shape index (κ3) is 4.89. The van der Waals surface area contributed by atoms with Crippen LogP contribution in [-0.2, 0) is 16.1 Å². The number of nitrogens with zero attached hydrogens (tertiary/aromatic N) is 4. The van der Waals surface area contributed by atoms with Gasteiger partial charge in [-0.15, -0.1) is 23.1 Å². The minimum absolute atomic E-state index is 0.0931. The first kappa shape index (κ1) is 22.9. The summed E-state index contributed by atoms with van der Waals surface area (Å²) in [6, 6.07) is 9.62. The van der Waals surface area contributed by atoms with Crippen molar-refractivity contribution in [1.82, 2.24) is 9.97 Å². The molecule has 7 nitrogen and oxygen atoms in total. The Balaban J connectivity index is 1.54. The number of thioether (sulfide) groups is 1. The van der Waals surface area contributed by atoms with Gasteiger partial charge >= 0.3 is 5.97 Å². The Morgan fingerprint density at radius 3 is 2.73 bits per heavy atom. The van der Waals surface area contributed by atoms with E-state index in [1.165, 1.54) is 41.8 Å². The smallest absolute Gasteiger partial charge is 0.340 e. The highest BCUT2D eigenvalue weighted by atomic mass is 32.2. The molecule has 10 heteroatoms. The number of aromatic nitrogens is 2. The number of thiazole rings is 1. The van der Waals surface area contributed by atoms with E-state index in [0.717, 1.165) is 29.9 Å². The Bertz CT molecular complexity index is 1270. The molecule has 4 rings (SSSR count). The average Bonchev–Trinajstić information content (AvgIpc) is 3.56. The fourth-order valence-corrected chi connectivity index (χ4v) is 4.69. The van der Waals surface area contributed by atoms with Crippen LogP contribution in [0.3, 0.4) is 0 Å². The van der Waals surface area contributed by atoms with Gasteiger partial charge in [0, 0.05) is 23.9 Å². The summed E-state index contributed by atoms with van der Waals surface area (Å²) in [6.07, 6.45) is 3.83. The summed E-state index contributed by atoms with van der Waals surface area (Å²) < 4.78 is 19.7. The van der Waals surface area contributed by atoms with E-state index < -0.39 is 17.7 Å². The Labute approximate surface area is 198 Å². The topological polar surface area (TPSA) is 96.2 Å². The summed E-state index contributed by atoms with van der Waals surface area (Å²) in [7, 11) is 0. The van der Waals surface area contributed by atoms with Crippen molar-refractivity contribution in [2.24, 2.45) is 0 Å². The second-order valence-electron chi connectivity index (χ2n) is 7.37. The first-order chi connectivity index (χ1) is 15.9. The highest BCUT2D eigenvalue weighted by molar-refractivity contribution is 7.98. The van der Waals surface area contributed by atoms with E-state index in [9.17, 15) is 19.2 Å². The number of hydrogen-bond donors (Lipinski definition) is 0. The molecule has 0 unspecified atom stereocenters. The Morgan fingerprint density at radius 1 is 1.33 bits per heavy atom. The second-order valence-corrected chi connectivity index (χ2v) is 9.00. The van der Waals surface area contributed by atoms with Gasteiger partial charge in [-0.3, -0.25) is 9.69 Å². The molecule has 1 aromatic carbocycles. The normalized spacial score (nSPS) is 12.8. The minimum Gasteiger partial charge on any atom is -0.456 e. The molecule has 168 valence electrons. The maximum atomic E-state index is 14.2. The maximum absolute atomic E-state index is 14.2. The van der Waals surface area contributed by atoms with Crippen molar-refractivity contribution in [2.45, 2.75) is 37.3 Å². The number of para-hydroxylation sites is 1. The van der Waals surface area contributed by atoms with E-state index in [1.54, 1.807) is 17.5 Å². The van der Waals surface area contributed by atoms with E-state index in [4.69, 9.17) is 4.74 Å². The van der Waals surface area contributed by atoms with E-state index in [1.807, 2.05) is 6.26 Å². The molecule has 1 aliphatic carbocycles. The van der Waals surface area contributed by atoms with Gasteiger partial charge in [-0.25, -0.2) is 19.2 Å². The van der Waals surface area contributed by atoms with Gasteiger partial charge in [0.15, 0.2) is 5.13 Å². The number of anilines is 2. The van der Waals surface area contributed by atoms with Gasteiger partial charge in [0.05, 0.1) is 22.5 Å². The molecule has 1 fully saturated rings. The molecule has 33 heavy (non-hydrogen) atoms. The first-order valence-corrected chi connectivity index (χ1v) is 12.2. The van der Waals surface area contributed by atoms with E-state index in [0.29, 0.717) is 16.6 Å². The van der Waals surface area contributed by atoms with Crippen molar-refractivity contribution in [2.75, 3.05) is 11.2 Å². The highest BCUT2D eigenvalue weighted by Gasteiger charge is 2.29. The molecule has 0 radical (unpaired) electrons. The summed E-state index contributed by atoms with van der Waals surface area (Å²) in [6.45, 7) is 1.17. The molecule has 1 aliphatic rings. The van der Waals surface area contributed by atoms with E-state index in [-0.39, 0.29) is 28.6 Å². The molecule has 1 saturated carbocycles. The third-order valence-corrected chi connectivity index (χ3v) is 6.57. The largest absolute Gasteiger partial charge is 0.456 e. The second kappa shape index (κ2) is 9.68. The highest BCUT2D eigenvalue weighted by Crippen LogP contribution is 2.40. The minimum atomic E-state index is -0.641. The zero-order chi connectivity index (χ0) is 23.5. The van der Waals surface area contributed by atoms with Crippen LogP contribution >= 0.6 is 23.1 Å². The number of ether oxygens (including phenoxy) is 1. The standard InChI is InChI=1S/C23H19FN4O3S2/c1-13(29)28(20-6-4-3-5-18(20)24)23-26-15(12-33-23)11-31-22(30)16-9-19(14-7-8-14)27-21(32-2)17(16)10-25/h3-6,9,12,14H,7-8,11H2,1-2H3. The van der Waals surface area contributed by atoms with Gasteiger partial charge in [-0.05, 0) is 37.3 Å². The monoisotopic (exact) mass is 482 g/mol. The number of carbonyl (C=O) groups is 2. The maximum Gasteiger partial charge on any atom is 0.340 e. The van der Waals surface area contributed by atoms with Gasteiger partial charge in [-0.2, -0.15) is 5.26 Å². The molecule has 0 atom stereocenters. The van der Waals surface area contributed by atoms with E-state index >= 15 is 0 Å². The summed E-state index contributed by atoms with van der Waals surface area (Å²) in [4.78, 5) is 35.0. The molecule has 1 amide bonds. The van der Waals surface area contributed by atoms with Crippen LogP contribution < -0.4 is 4.90 Å². The van der Waals surface area contributed by atoms with Crippen LogP contribution in [0.25, 0.3) is 0 Å². The van der Waals surface area contributed by atoms with Gasteiger partial charge in [-0.1, -0.05) is 12.1 Å². The number of pyridine rings is 1.